The summed E-state index contributed by atoms with van der Waals surface area (Å²) in [6, 6.07) is 5.31. The molecule has 0 spiro atoms. The molecule has 0 aliphatic heterocycles. The first-order chi connectivity index (χ1) is 14.3. The average molecular weight is 467 g/mol. The molecule has 0 saturated carbocycles. The molecule has 0 saturated heterocycles. The van der Waals surface area contributed by atoms with Gasteiger partial charge in [0.05, 0.1) is 4.90 Å². The van der Waals surface area contributed by atoms with Gasteiger partial charge in [0.25, 0.3) is 0 Å². The van der Waals surface area contributed by atoms with Gasteiger partial charge in [-0.3, -0.25) is 4.79 Å². The Balaban J connectivity index is 1.93. The number of amides is 1. The van der Waals surface area contributed by atoms with Gasteiger partial charge in [-0.25, -0.2) is 21.9 Å². The van der Waals surface area contributed by atoms with E-state index >= 15 is 0 Å². The monoisotopic (exact) mass is 467 g/mol. The molecule has 2 rings (SSSR count). The lowest BCUT2D eigenvalue weighted by Crippen LogP contribution is -2.28. The number of hydrogen-bond donors (Lipinski definition) is 2. The minimum absolute atomic E-state index is 0.145. The molecule has 7 nitrogen and oxygen atoms in total. The van der Waals surface area contributed by atoms with Crippen LogP contribution in [0, 0.1) is 11.6 Å². The zero-order chi connectivity index (χ0) is 23.4. The molecule has 2 aromatic carbocycles. The topological polar surface area (TPSA) is 87.7 Å². The van der Waals surface area contributed by atoms with Crippen molar-refractivity contribution in [3.63, 3.8) is 0 Å². The fourth-order valence-electron chi connectivity index (χ4n) is 2.49. The van der Waals surface area contributed by atoms with Crippen molar-refractivity contribution in [2.75, 3.05) is 30.9 Å². The molecule has 31 heavy (non-hydrogen) atoms. The summed E-state index contributed by atoms with van der Waals surface area (Å²) in [5, 5.41) is 2.25. The maximum absolute atomic E-state index is 13.9. The molecule has 0 unspecified atom stereocenters. The maximum Gasteiger partial charge on any atom is 0.573 e. The fourth-order valence-corrected chi connectivity index (χ4v) is 3.52. The molecule has 0 aromatic heterocycles. The van der Waals surface area contributed by atoms with E-state index in [9.17, 15) is 35.2 Å². The van der Waals surface area contributed by atoms with Gasteiger partial charge in [-0.05, 0) is 36.4 Å². The second kappa shape index (κ2) is 9.47. The van der Waals surface area contributed by atoms with Gasteiger partial charge < -0.3 is 15.0 Å². The van der Waals surface area contributed by atoms with Crippen molar-refractivity contribution in [2.45, 2.75) is 17.7 Å². The highest BCUT2D eigenvalue weighted by atomic mass is 32.2. The number of anilines is 2. The molecule has 0 fully saturated rings. The van der Waals surface area contributed by atoms with Gasteiger partial charge >= 0.3 is 6.36 Å². The summed E-state index contributed by atoms with van der Waals surface area (Å²) in [5.41, 5.74) is -0.425. The van der Waals surface area contributed by atoms with Gasteiger partial charge in [0.15, 0.2) is 11.6 Å². The Morgan fingerprint density at radius 3 is 2.10 bits per heavy atom. The van der Waals surface area contributed by atoms with Crippen LogP contribution in [0.15, 0.2) is 41.3 Å². The van der Waals surface area contributed by atoms with E-state index in [0.717, 1.165) is 36.4 Å². The summed E-state index contributed by atoms with van der Waals surface area (Å²) in [5.74, 6) is -3.09. The first kappa shape index (κ1) is 24.3. The Morgan fingerprint density at radius 2 is 1.61 bits per heavy atom. The largest absolute Gasteiger partial charge is 0.573 e. The molecule has 0 atom stereocenters. The minimum atomic E-state index is -4.91. The van der Waals surface area contributed by atoms with Gasteiger partial charge in [-0.2, -0.15) is 0 Å². The lowest BCUT2D eigenvalue weighted by molar-refractivity contribution is -0.274. The normalized spacial score (nSPS) is 11.8. The Bertz CT molecular complexity index is 1020. The predicted octanol–water partition coefficient (Wildman–Crippen LogP) is 3.24. The van der Waals surface area contributed by atoms with Crippen LogP contribution < -0.4 is 19.7 Å². The smallest absolute Gasteiger partial charge is 0.406 e. The van der Waals surface area contributed by atoms with Crippen LogP contribution >= 0.6 is 0 Å². The highest BCUT2D eigenvalue weighted by Gasteiger charge is 2.31. The van der Waals surface area contributed by atoms with Crippen LogP contribution in [-0.4, -0.2) is 41.3 Å². The van der Waals surface area contributed by atoms with Crippen LogP contribution in [0.3, 0.4) is 0 Å². The Morgan fingerprint density at radius 1 is 1.06 bits per heavy atom. The highest BCUT2D eigenvalue weighted by molar-refractivity contribution is 7.89. The molecule has 1 amide bonds. The van der Waals surface area contributed by atoms with Crippen molar-refractivity contribution in [3.05, 3.63) is 48.0 Å². The van der Waals surface area contributed by atoms with Gasteiger partial charge in [0, 0.05) is 32.7 Å². The summed E-state index contributed by atoms with van der Waals surface area (Å²) in [6.07, 6.45) is -5.28. The Hall–Kier alpha value is -2.93. The van der Waals surface area contributed by atoms with E-state index in [-0.39, 0.29) is 29.2 Å². The van der Waals surface area contributed by atoms with Crippen LogP contribution in [-0.2, 0) is 14.8 Å². The first-order valence-corrected chi connectivity index (χ1v) is 10.1. The summed E-state index contributed by atoms with van der Waals surface area (Å²) in [7, 11) is -1.22. The van der Waals surface area contributed by atoms with Crippen molar-refractivity contribution in [2.24, 2.45) is 0 Å². The number of hydrogen-bond acceptors (Lipinski definition) is 5. The van der Waals surface area contributed by atoms with Crippen molar-refractivity contribution in [1.29, 1.82) is 0 Å². The predicted molar refractivity (Wildman–Crippen MR) is 102 cm³/mol. The molecule has 170 valence electrons. The van der Waals surface area contributed by atoms with Crippen LogP contribution in [0.2, 0.25) is 0 Å². The van der Waals surface area contributed by atoms with Crippen LogP contribution in [0.25, 0.3) is 0 Å². The maximum atomic E-state index is 13.9. The van der Waals surface area contributed by atoms with E-state index in [1.54, 1.807) is 0 Å². The van der Waals surface area contributed by atoms with Crippen molar-refractivity contribution < 1.29 is 39.9 Å². The number of benzene rings is 2. The molecule has 2 N–H and O–H groups in total. The summed E-state index contributed by atoms with van der Waals surface area (Å²) < 4.78 is 94.3. The molecular formula is C18H18F5N3O4S. The lowest BCUT2D eigenvalue weighted by atomic mass is 10.2. The van der Waals surface area contributed by atoms with E-state index in [1.807, 2.05) is 0 Å². The third-order valence-corrected chi connectivity index (χ3v) is 5.24. The molecule has 0 bridgehead atoms. The van der Waals surface area contributed by atoms with Crippen molar-refractivity contribution in [3.8, 4) is 5.75 Å². The van der Waals surface area contributed by atoms with E-state index in [2.05, 4.69) is 14.8 Å². The van der Waals surface area contributed by atoms with Crippen LogP contribution in [0.4, 0.5) is 33.3 Å². The second-order valence-corrected chi connectivity index (χ2v) is 8.17. The molecule has 0 heterocycles. The van der Waals surface area contributed by atoms with E-state index in [4.69, 9.17) is 0 Å². The van der Waals surface area contributed by atoms with E-state index in [0.29, 0.717) is 0 Å². The molecule has 2 aromatic rings. The zero-order valence-corrected chi connectivity index (χ0v) is 17.1. The zero-order valence-electron chi connectivity index (χ0n) is 16.3. The number of nitrogens with one attached hydrogen (secondary N) is 2. The van der Waals surface area contributed by atoms with E-state index in [1.165, 1.54) is 19.0 Å². The lowest BCUT2D eigenvalue weighted by Gasteiger charge is -2.16. The number of carbonyl (C=O) groups excluding carboxylic acids is 1. The standard InChI is InChI=1S/C18H18F5N3O4S/c1-26(2)17-14(19)9-11(10-15(17)20)25-16(27)7-8-24-31(28,29)13-5-3-12(4-6-13)30-18(21,22)23/h3-6,9-10,24H,7-8H2,1-2H3,(H,25,27). The average Bonchev–Trinajstić information content (AvgIpc) is 2.59. The van der Waals surface area contributed by atoms with Gasteiger partial charge in [0.2, 0.25) is 15.9 Å². The number of halogens is 5. The summed E-state index contributed by atoms with van der Waals surface area (Å²) in [4.78, 5) is 12.8. The number of ether oxygens (including phenoxy) is 1. The van der Waals surface area contributed by atoms with Gasteiger partial charge in [-0.1, -0.05) is 0 Å². The fraction of sp³-hybridized carbons (Fsp3) is 0.278. The Kier molecular flexibility index (Phi) is 7.44. The number of sulfonamides is 1. The molecule has 0 radical (unpaired) electrons. The van der Waals surface area contributed by atoms with E-state index < -0.39 is 39.7 Å². The molecule has 0 aliphatic carbocycles. The summed E-state index contributed by atoms with van der Waals surface area (Å²) >= 11 is 0. The van der Waals surface area contributed by atoms with Gasteiger partial charge in [-0.15, -0.1) is 13.2 Å². The quantitative estimate of drug-likeness (QED) is 0.582. The molecular weight excluding hydrogens is 449 g/mol. The summed E-state index contributed by atoms with van der Waals surface area (Å²) in [6.45, 7) is -0.365. The van der Waals surface area contributed by atoms with Crippen LogP contribution in [0.1, 0.15) is 6.42 Å². The van der Waals surface area contributed by atoms with Crippen molar-refractivity contribution >= 4 is 27.3 Å². The third-order valence-electron chi connectivity index (χ3n) is 3.76. The minimum Gasteiger partial charge on any atom is -0.406 e. The number of rotatable bonds is 8. The molecule has 0 aliphatic rings. The molecule has 13 heteroatoms. The van der Waals surface area contributed by atoms with Crippen LogP contribution in [0.5, 0.6) is 5.75 Å². The SMILES string of the molecule is CN(C)c1c(F)cc(NC(=O)CCNS(=O)(=O)c2ccc(OC(F)(F)F)cc2)cc1F. The highest BCUT2D eigenvalue weighted by Crippen LogP contribution is 2.26. The van der Waals surface area contributed by atoms with Crippen molar-refractivity contribution in [1.82, 2.24) is 4.72 Å². The Labute approximate surface area is 174 Å². The number of nitrogens with zero attached hydrogens (tertiary/aromatic N) is 1. The third kappa shape index (κ3) is 7.07. The number of alkyl halides is 3. The van der Waals surface area contributed by atoms with Gasteiger partial charge in [0.1, 0.15) is 11.4 Å². The second-order valence-electron chi connectivity index (χ2n) is 6.40. The first-order valence-electron chi connectivity index (χ1n) is 8.60. The number of carbonyl (C=O) groups is 1.